The van der Waals surface area contributed by atoms with Crippen molar-refractivity contribution in [2.24, 2.45) is 0 Å². The van der Waals surface area contributed by atoms with E-state index in [0.29, 0.717) is 6.54 Å². The van der Waals surface area contributed by atoms with Crippen LogP contribution in [-0.2, 0) is 4.79 Å². The van der Waals surface area contributed by atoms with Gasteiger partial charge in [-0.3, -0.25) is 9.69 Å². The van der Waals surface area contributed by atoms with Gasteiger partial charge in [0.1, 0.15) is 5.75 Å². The van der Waals surface area contributed by atoms with Crippen LogP contribution in [0, 0.1) is 13.8 Å². The second-order valence-electron chi connectivity index (χ2n) is 7.78. The molecule has 150 valence electrons. The Morgan fingerprint density at radius 1 is 0.929 bits per heavy atom. The molecule has 0 radical (unpaired) electrons. The van der Waals surface area contributed by atoms with Crippen molar-refractivity contribution in [3.8, 4) is 5.75 Å². The summed E-state index contributed by atoms with van der Waals surface area (Å²) in [4.78, 5) is 14.9. The molecule has 0 aliphatic carbocycles. The number of ether oxygens (including phenoxy) is 1. The van der Waals surface area contributed by atoms with Gasteiger partial charge in [-0.1, -0.05) is 60.4 Å². The topological polar surface area (TPSA) is 41.6 Å². The lowest BCUT2D eigenvalue weighted by Gasteiger charge is -2.31. The van der Waals surface area contributed by atoms with E-state index < -0.39 is 0 Å². The first kappa shape index (κ1) is 20.4. The smallest absolute Gasteiger partial charge is 0.258 e. The van der Waals surface area contributed by atoms with Crippen molar-refractivity contribution in [2.75, 3.05) is 26.2 Å². The van der Waals surface area contributed by atoms with E-state index in [1.54, 1.807) is 0 Å². The largest absolute Gasteiger partial charge is 0.484 e. The van der Waals surface area contributed by atoms with Gasteiger partial charge in [-0.15, -0.1) is 0 Å². The molecule has 1 heterocycles. The second-order valence-corrected chi connectivity index (χ2v) is 7.78. The van der Waals surface area contributed by atoms with E-state index in [9.17, 15) is 4.79 Å². The van der Waals surface area contributed by atoms with Crippen molar-refractivity contribution in [3.63, 3.8) is 0 Å². The molecule has 0 unspecified atom stereocenters. The summed E-state index contributed by atoms with van der Waals surface area (Å²) in [6, 6.07) is 16.7. The van der Waals surface area contributed by atoms with Crippen molar-refractivity contribution in [1.82, 2.24) is 10.2 Å². The zero-order valence-corrected chi connectivity index (χ0v) is 17.1. The predicted molar refractivity (Wildman–Crippen MR) is 114 cm³/mol. The minimum Gasteiger partial charge on any atom is -0.484 e. The van der Waals surface area contributed by atoms with Gasteiger partial charge < -0.3 is 10.1 Å². The quantitative estimate of drug-likeness (QED) is 0.773. The van der Waals surface area contributed by atoms with Crippen LogP contribution in [0.15, 0.2) is 48.5 Å². The van der Waals surface area contributed by atoms with Crippen molar-refractivity contribution in [2.45, 2.75) is 45.6 Å². The molecule has 2 aromatic carbocycles. The molecule has 28 heavy (non-hydrogen) atoms. The normalized spacial score (nSPS) is 16.2. The number of carbonyl (C=O) groups excluding carboxylic acids is 1. The van der Waals surface area contributed by atoms with E-state index in [-0.39, 0.29) is 18.6 Å². The first-order valence-corrected chi connectivity index (χ1v) is 10.4. The molecule has 4 heteroatoms. The molecular formula is C24H32N2O2. The summed E-state index contributed by atoms with van der Waals surface area (Å²) in [6.07, 6.45) is 5.06. The van der Waals surface area contributed by atoms with E-state index in [1.807, 2.05) is 31.2 Å². The van der Waals surface area contributed by atoms with E-state index in [0.717, 1.165) is 18.8 Å². The van der Waals surface area contributed by atoms with Crippen LogP contribution in [0.25, 0.3) is 0 Å². The average molecular weight is 381 g/mol. The Morgan fingerprint density at radius 3 is 2.11 bits per heavy atom. The Hall–Kier alpha value is -2.33. The average Bonchev–Trinajstić information content (AvgIpc) is 2.98. The van der Waals surface area contributed by atoms with Gasteiger partial charge in [-0.25, -0.2) is 0 Å². The molecule has 1 saturated heterocycles. The van der Waals surface area contributed by atoms with Gasteiger partial charge in [0.2, 0.25) is 0 Å². The fourth-order valence-electron chi connectivity index (χ4n) is 3.70. The van der Waals surface area contributed by atoms with Gasteiger partial charge in [0.15, 0.2) is 6.61 Å². The summed E-state index contributed by atoms with van der Waals surface area (Å²) in [7, 11) is 0. The fourth-order valence-corrected chi connectivity index (χ4v) is 3.70. The fraction of sp³-hybridized carbons (Fsp3) is 0.458. The highest BCUT2D eigenvalue weighted by Crippen LogP contribution is 2.24. The number of nitrogens with one attached hydrogen (secondary N) is 1. The monoisotopic (exact) mass is 380 g/mol. The van der Waals surface area contributed by atoms with Crippen LogP contribution in [0.4, 0.5) is 0 Å². The van der Waals surface area contributed by atoms with Gasteiger partial charge in [-0.05, 0) is 57.5 Å². The van der Waals surface area contributed by atoms with Gasteiger partial charge >= 0.3 is 0 Å². The molecule has 1 N–H and O–H groups in total. The number of rotatable bonds is 7. The second kappa shape index (κ2) is 10.3. The number of aryl methyl sites for hydroxylation is 2. The Bertz CT molecular complexity index is 732. The van der Waals surface area contributed by atoms with Crippen LogP contribution < -0.4 is 10.1 Å². The van der Waals surface area contributed by atoms with Gasteiger partial charge in [0.05, 0.1) is 6.04 Å². The van der Waals surface area contributed by atoms with Crippen LogP contribution in [0.5, 0.6) is 5.75 Å². The third kappa shape index (κ3) is 6.10. The highest BCUT2D eigenvalue weighted by Gasteiger charge is 2.22. The summed E-state index contributed by atoms with van der Waals surface area (Å²) in [5.41, 5.74) is 3.70. The molecule has 2 aromatic rings. The van der Waals surface area contributed by atoms with Gasteiger partial charge in [0.25, 0.3) is 5.91 Å². The molecule has 0 aromatic heterocycles. The minimum absolute atomic E-state index is 0.0453. The Kier molecular flexibility index (Phi) is 7.49. The lowest BCUT2D eigenvalue weighted by atomic mass is 10.0. The van der Waals surface area contributed by atoms with Crippen molar-refractivity contribution < 1.29 is 9.53 Å². The Morgan fingerprint density at radius 2 is 1.50 bits per heavy atom. The van der Waals surface area contributed by atoms with Crippen molar-refractivity contribution in [1.29, 1.82) is 0 Å². The standard InChI is InChI=1S/C24H32N2O2/c1-19-7-11-21(12-8-19)23(26-15-5-3-4-6-16-26)17-25-24(27)18-28-22-13-9-20(2)10-14-22/h7-14,23H,3-6,15-18H2,1-2H3,(H,25,27)/t23-/m1/s1. The molecular weight excluding hydrogens is 348 g/mol. The third-order valence-corrected chi connectivity index (χ3v) is 5.43. The molecule has 1 aliphatic rings. The van der Waals surface area contributed by atoms with Crippen molar-refractivity contribution in [3.05, 3.63) is 65.2 Å². The first-order chi connectivity index (χ1) is 13.6. The van der Waals surface area contributed by atoms with Crippen molar-refractivity contribution >= 4 is 5.91 Å². The van der Waals surface area contributed by atoms with E-state index >= 15 is 0 Å². The van der Waals surface area contributed by atoms with Crippen LogP contribution >= 0.6 is 0 Å². The number of hydrogen-bond donors (Lipinski definition) is 1. The van der Waals surface area contributed by atoms with E-state index in [2.05, 4.69) is 41.4 Å². The molecule has 0 saturated carbocycles. The first-order valence-electron chi connectivity index (χ1n) is 10.4. The molecule has 1 aliphatic heterocycles. The molecule has 1 fully saturated rings. The minimum atomic E-state index is -0.0764. The molecule has 1 atom stereocenters. The maximum Gasteiger partial charge on any atom is 0.258 e. The number of nitrogens with zero attached hydrogens (tertiary/aromatic N) is 1. The number of benzene rings is 2. The number of amides is 1. The SMILES string of the molecule is Cc1ccc(OCC(=O)NC[C@H](c2ccc(C)cc2)N2CCCCCC2)cc1. The lowest BCUT2D eigenvalue weighted by molar-refractivity contribution is -0.123. The molecule has 0 spiro atoms. The summed E-state index contributed by atoms with van der Waals surface area (Å²) in [5.74, 6) is 0.649. The summed E-state index contributed by atoms with van der Waals surface area (Å²) in [5, 5.41) is 3.09. The summed E-state index contributed by atoms with van der Waals surface area (Å²) >= 11 is 0. The molecule has 3 rings (SSSR count). The third-order valence-electron chi connectivity index (χ3n) is 5.43. The Labute approximate surface area is 168 Å². The Balaban J connectivity index is 1.59. The number of likely N-dealkylation sites (tertiary alicyclic amines) is 1. The summed E-state index contributed by atoms with van der Waals surface area (Å²) in [6.45, 7) is 6.98. The maximum atomic E-state index is 12.4. The predicted octanol–water partition coefficient (Wildman–Crippen LogP) is 4.42. The summed E-state index contributed by atoms with van der Waals surface area (Å²) < 4.78 is 5.62. The maximum absolute atomic E-state index is 12.4. The number of hydrogen-bond acceptors (Lipinski definition) is 3. The highest BCUT2D eigenvalue weighted by molar-refractivity contribution is 5.77. The lowest BCUT2D eigenvalue weighted by Crippen LogP contribution is -2.40. The molecule has 4 nitrogen and oxygen atoms in total. The zero-order valence-electron chi connectivity index (χ0n) is 17.1. The van der Waals surface area contributed by atoms with Crippen LogP contribution in [0.2, 0.25) is 0 Å². The zero-order chi connectivity index (χ0) is 19.8. The van der Waals surface area contributed by atoms with Gasteiger partial charge in [0, 0.05) is 6.54 Å². The number of carbonyl (C=O) groups is 1. The van der Waals surface area contributed by atoms with Crippen LogP contribution in [0.1, 0.15) is 48.4 Å². The van der Waals surface area contributed by atoms with Crippen LogP contribution in [0.3, 0.4) is 0 Å². The van der Waals surface area contributed by atoms with Gasteiger partial charge in [-0.2, -0.15) is 0 Å². The van der Waals surface area contributed by atoms with Crippen LogP contribution in [-0.4, -0.2) is 37.0 Å². The van der Waals surface area contributed by atoms with E-state index in [1.165, 1.54) is 42.4 Å². The van der Waals surface area contributed by atoms with E-state index in [4.69, 9.17) is 4.74 Å². The highest BCUT2D eigenvalue weighted by atomic mass is 16.5. The molecule has 0 bridgehead atoms. The molecule has 1 amide bonds.